The van der Waals surface area contributed by atoms with E-state index in [4.69, 9.17) is 23.2 Å². The van der Waals surface area contributed by atoms with E-state index in [1.807, 2.05) is 27.7 Å². The second-order valence-electron chi connectivity index (χ2n) is 6.77. The average molecular weight is 375 g/mol. The summed E-state index contributed by atoms with van der Waals surface area (Å²) in [5.41, 5.74) is 0.529. The summed E-state index contributed by atoms with van der Waals surface area (Å²) in [4.78, 5) is 25.0. The van der Waals surface area contributed by atoms with Gasteiger partial charge in [-0.1, -0.05) is 29.3 Å². The maximum absolute atomic E-state index is 12.1. The zero-order valence-corrected chi connectivity index (χ0v) is 16.1. The summed E-state index contributed by atoms with van der Waals surface area (Å²) in [7, 11) is 0. The molecule has 0 bridgehead atoms. The molecule has 1 aromatic carbocycles. The lowest BCUT2D eigenvalue weighted by molar-refractivity contribution is -0.881. The Kier molecular flexibility index (Phi) is 8.00. The molecule has 0 fully saturated rings. The summed E-state index contributed by atoms with van der Waals surface area (Å²) in [5.74, 6) is -0.186. The van der Waals surface area contributed by atoms with E-state index >= 15 is 0 Å². The Morgan fingerprint density at radius 1 is 1.12 bits per heavy atom. The Labute approximate surface area is 153 Å². The molecule has 2 amide bonds. The fourth-order valence-electron chi connectivity index (χ4n) is 2.15. The highest BCUT2D eigenvalue weighted by Gasteiger charge is 2.20. The third-order valence-electron chi connectivity index (χ3n) is 3.33. The molecule has 0 aromatic heterocycles. The molecule has 7 heteroatoms. The second kappa shape index (κ2) is 9.25. The van der Waals surface area contributed by atoms with Crippen molar-refractivity contribution in [3.8, 4) is 0 Å². The van der Waals surface area contributed by atoms with Crippen LogP contribution in [0.2, 0.25) is 10.0 Å². The molecule has 134 valence electrons. The number of amides is 2. The van der Waals surface area contributed by atoms with E-state index in [0.717, 1.165) is 10.5 Å². The van der Waals surface area contributed by atoms with Crippen molar-refractivity contribution in [2.45, 2.75) is 39.8 Å². The number of hydrogen-bond donors (Lipinski definition) is 3. The second-order valence-corrected chi connectivity index (χ2v) is 7.61. The molecule has 1 aromatic rings. The van der Waals surface area contributed by atoms with Crippen molar-refractivity contribution in [2.24, 2.45) is 0 Å². The van der Waals surface area contributed by atoms with Gasteiger partial charge in [0, 0.05) is 22.1 Å². The lowest BCUT2D eigenvalue weighted by Gasteiger charge is -2.23. The summed E-state index contributed by atoms with van der Waals surface area (Å²) in [6.45, 7) is 9.26. The van der Waals surface area contributed by atoms with Crippen molar-refractivity contribution in [3.63, 3.8) is 0 Å². The highest BCUT2D eigenvalue weighted by molar-refractivity contribution is 6.35. The van der Waals surface area contributed by atoms with E-state index in [9.17, 15) is 9.59 Å². The van der Waals surface area contributed by atoms with Crippen molar-refractivity contribution in [3.05, 3.63) is 33.8 Å². The Bertz CT molecular complexity index is 586. The van der Waals surface area contributed by atoms with E-state index in [1.54, 1.807) is 18.2 Å². The molecule has 0 saturated heterocycles. The van der Waals surface area contributed by atoms with Crippen molar-refractivity contribution < 1.29 is 14.5 Å². The zero-order valence-electron chi connectivity index (χ0n) is 14.6. The van der Waals surface area contributed by atoms with Gasteiger partial charge in [-0.25, -0.2) is 0 Å². The van der Waals surface area contributed by atoms with Crippen molar-refractivity contribution in [2.75, 3.05) is 19.6 Å². The van der Waals surface area contributed by atoms with E-state index in [2.05, 4.69) is 10.6 Å². The first-order chi connectivity index (χ1) is 11.1. The number of carbonyl (C=O) groups excluding carboxylic acids is 2. The standard InChI is InChI=1S/C17H25Cl2N3O2/c1-5-22(11-16(24)21-17(2,3)4)10-15(23)20-9-12-6-7-13(18)8-14(12)19/h6-8H,5,9-11H2,1-4H3,(H,20,23)(H,21,24)/p+1. The Balaban J connectivity index is 2.48. The number of nitrogens with one attached hydrogen (secondary N) is 3. The number of hydrogen-bond acceptors (Lipinski definition) is 2. The van der Waals surface area contributed by atoms with Crippen LogP contribution < -0.4 is 15.5 Å². The molecule has 24 heavy (non-hydrogen) atoms. The van der Waals surface area contributed by atoms with Crippen LogP contribution in [0.1, 0.15) is 33.3 Å². The lowest BCUT2D eigenvalue weighted by atomic mass is 10.1. The van der Waals surface area contributed by atoms with E-state index in [-0.39, 0.29) is 30.4 Å². The number of benzene rings is 1. The number of likely N-dealkylation sites (N-methyl/N-ethyl adjacent to an activating group) is 1. The Morgan fingerprint density at radius 2 is 1.75 bits per heavy atom. The summed E-state index contributed by atoms with van der Waals surface area (Å²) < 4.78 is 0. The summed E-state index contributed by atoms with van der Waals surface area (Å²) in [5, 5.41) is 6.81. The van der Waals surface area contributed by atoms with Gasteiger partial charge in [-0.2, -0.15) is 0 Å². The predicted octanol–water partition coefficient (Wildman–Crippen LogP) is 1.43. The Hall–Kier alpha value is -1.30. The molecule has 0 saturated carbocycles. The lowest BCUT2D eigenvalue weighted by Crippen LogP contribution is -3.14. The molecule has 5 nitrogen and oxygen atoms in total. The van der Waals surface area contributed by atoms with Crippen LogP contribution in [-0.4, -0.2) is 37.0 Å². The minimum absolute atomic E-state index is 0.0621. The topological polar surface area (TPSA) is 62.6 Å². The largest absolute Gasteiger partial charge is 0.347 e. The molecule has 3 N–H and O–H groups in total. The van der Waals surface area contributed by atoms with Crippen LogP contribution in [0.4, 0.5) is 0 Å². The molecule has 0 radical (unpaired) electrons. The van der Waals surface area contributed by atoms with Gasteiger partial charge in [0.25, 0.3) is 11.8 Å². The molecule has 0 aliphatic rings. The maximum Gasteiger partial charge on any atom is 0.275 e. The number of rotatable bonds is 7. The highest BCUT2D eigenvalue weighted by Crippen LogP contribution is 2.20. The van der Waals surface area contributed by atoms with Gasteiger partial charge in [0.15, 0.2) is 13.1 Å². The number of quaternary nitrogens is 1. The van der Waals surface area contributed by atoms with Crippen LogP contribution >= 0.6 is 23.2 Å². The SMILES string of the molecule is CC[NH+](CC(=O)NCc1ccc(Cl)cc1Cl)CC(=O)NC(C)(C)C. The molecule has 0 spiro atoms. The van der Waals surface area contributed by atoms with Crippen LogP contribution in [0, 0.1) is 0 Å². The normalized spacial score (nSPS) is 12.6. The maximum atomic E-state index is 12.1. The summed E-state index contributed by atoms with van der Waals surface area (Å²) in [6.07, 6.45) is 0. The van der Waals surface area contributed by atoms with Gasteiger partial charge in [-0.3, -0.25) is 9.59 Å². The molecule has 1 unspecified atom stereocenters. The number of halogens is 2. The van der Waals surface area contributed by atoms with Gasteiger partial charge >= 0.3 is 0 Å². The fourth-order valence-corrected chi connectivity index (χ4v) is 2.63. The third kappa shape index (κ3) is 7.99. The molecule has 1 atom stereocenters. The quantitative estimate of drug-likeness (QED) is 0.675. The van der Waals surface area contributed by atoms with Crippen molar-refractivity contribution in [1.82, 2.24) is 10.6 Å². The van der Waals surface area contributed by atoms with Gasteiger partial charge in [0.05, 0.1) is 6.54 Å². The van der Waals surface area contributed by atoms with Gasteiger partial charge < -0.3 is 15.5 Å². The van der Waals surface area contributed by atoms with Gasteiger partial charge in [0.1, 0.15) is 0 Å². The van der Waals surface area contributed by atoms with E-state index in [0.29, 0.717) is 23.1 Å². The predicted molar refractivity (Wildman–Crippen MR) is 97.4 cm³/mol. The third-order valence-corrected chi connectivity index (χ3v) is 3.91. The first kappa shape index (κ1) is 20.7. The van der Waals surface area contributed by atoms with Crippen LogP contribution in [0.25, 0.3) is 0 Å². The number of carbonyl (C=O) groups is 2. The monoisotopic (exact) mass is 374 g/mol. The van der Waals surface area contributed by atoms with Gasteiger partial charge in [0.2, 0.25) is 0 Å². The zero-order chi connectivity index (χ0) is 18.3. The smallest absolute Gasteiger partial charge is 0.275 e. The van der Waals surface area contributed by atoms with Crippen molar-refractivity contribution >= 4 is 35.0 Å². The highest BCUT2D eigenvalue weighted by atomic mass is 35.5. The summed E-state index contributed by atoms with van der Waals surface area (Å²) in [6, 6.07) is 5.16. The molecule has 1 rings (SSSR count). The molecule has 0 aliphatic carbocycles. The fraction of sp³-hybridized carbons (Fsp3) is 0.529. The van der Waals surface area contributed by atoms with E-state index < -0.39 is 0 Å². The Morgan fingerprint density at radius 3 is 2.29 bits per heavy atom. The van der Waals surface area contributed by atoms with Crippen molar-refractivity contribution in [1.29, 1.82) is 0 Å². The molecular formula is C17H26Cl2N3O2+. The van der Waals surface area contributed by atoms with Crippen LogP contribution in [0.5, 0.6) is 0 Å². The molecule has 0 heterocycles. The van der Waals surface area contributed by atoms with Gasteiger partial charge in [-0.15, -0.1) is 0 Å². The minimum atomic E-state index is -0.274. The van der Waals surface area contributed by atoms with E-state index in [1.165, 1.54) is 0 Å². The average Bonchev–Trinajstić information content (AvgIpc) is 2.43. The van der Waals surface area contributed by atoms with Gasteiger partial charge in [-0.05, 0) is 45.4 Å². The van der Waals surface area contributed by atoms with Crippen LogP contribution in [-0.2, 0) is 16.1 Å². The van der Waals surface area contributed by atoms with Crippen LogP contribution in [0.15, 0.2) is 18.2 Å². The summed E-state index contributed by atoms with van der Waals surface area (Å²) >= 11 is 11.9. The first-order valence-corrected chi connectivity index (χ1v) is 8.71. The first-order valence-electron chi connectivity index (χ1n) is 7.96. The molecular weight excluding hydrogens is 349 g/mol. The minimum Gasteiger partial charge on any atom is -0.347 e. The van der Waals surface area contributed by atoms with Crippen LogP contribution in [0.3, 0.4) is 0 Å². The molecule has 0 aliphatic heterocycles.